The maximum atomic E-state index is 12.4. The first-order valence-electron chi connectivity index (χ1n) is 8.36. The van der Waals surface area contributed by atoms with Gasteiger partial charge in [0.15, 0.2) is 0 Å². The van der Waals surface area contributed by atoms with Crippen molar-refractivity contribution in [1.29, 1.82) is 0 Å². The smallest absolute Gasteiger partial charge is 0.242 e. The van der Waals surface area contributed by atoms with E-state index in [9.17, 15) is 9.59 Å². The predicted octanol–water partition coefficient (Wildman–Crippen LogP) is 2.09. The van der Waals surface area contributed by atoms with E-state index in [0.717, 1.165) is 25.1 Å². The third-order valence-electron chi connectivity index (χ3n) is 5.05. The quantitative estimate of drug-likeness (QED) is 0.926. The van der Waals surface area contributed by atoms with Gasteiger partial charge in [-0.2, -0.15) is 0 Å². The van der Waals surface area contributed by atoms with E-state index in [1.165, 1.54) is 12.8 Å². The second-order valence-corrected chi connectivity index (χ2v) is 6.52. The van der Waals surface area contributed by atoms with E-state index in [-0.39, 0.29) is 24.4 Å². The molecule has 1 aliphatic carbocycles. The molecule has 5 heteroatoms. The number of hydrogen-bond donors (Lipinski definition) is 1. The molecule has 1 aromatic heterocycles. The lowest BCUT2D eigenvalue weighted by atomic mass is 10.0. The van der Waals surface area contributed by atoms with Gasteiger partial charge in [0.2, 0.25) is 11.8 Å². The van der Waals surface area contributed by atoms with E-state index in [2.05, 4.69) is 22.1 Å². The zero-order valence-electron chi connectivity index (χ0n) is 13.3. The van der Waals surface area contributed by atoms with Crippen LogP contribution in [-0.2, 0) is 16.1 Å². The van der Waals surface area contributed by atoms with Crippen molar-refractivity contribution in [3.8, 4) is 0 Å². The standard InChI is InChI=1S/C17H25N3O2/c1-13-15-7-4-8-19(15)9-10-20(13)17(22)12-18-16(21)11-14-5-2-3-6-14/h4,7-8,13-14H,2-3,5-6,9-12H2,1H3,(H,18,21)/t13-/m1/s1. The molecule has 0 aromatic carbocycles. The van der Waals surface area contributed by atoms with Gasteiger partial charge in [-0.05, 0) is 37.8 Å². The Bertz CT molecular complexity index is 546. The van der Waals surface area contributed by atoms with Crippen molar-refractivity contribution in [3.63, 3.8) is 0 Å². The minimum atomic E-state index is 0.0136. The number of carbonyl (C=O) groups is 2. The van der Waals surface area contributed by atoms with Crippen molar-refractivity contribution >= 4 is 11.8 Å². The van der Waals surface area contributed by atoms with Gasteiger partial charge < -0.3 is 14.8 Å². The summed E-state index contributed by atoms with van der Waals surface area (Å²) in [7, 11) is 0. The normalized spacial score (nSPS) is 21.7. The van der Waals surface area contributed by atoms with Crippen LogP contribution in [0, 0.1) is 5.92 Å². The first kappa shape index (κ1) is 15.1. The second-order valence-electron chi connectivity index (χ2n) is 6.52. The Morgan fingerprint density at radius 2 is 2.05 bits per heavy atom. The Morgan fingerprint density at radius 3 is 2.82 bits per heavy atom. The summed E-state index contributed by atoms with van der Waals surface area (Å²) >= 11 is 0. The fraction of sp³-hybridized carbons (Fsp3) is 0.647. The molecule has 3 rings (SSSR count). The van der Waals surface area contributed by atoms with Crippen LogP contribution in [0.4, 0.5) is 0 Å². The molecule has 0 saturated heterocycles. The highest BCUT2D eigenvalue weighted by Gasteiger charge is 2.27. The number of hydrogen-bond acceptors (Lipinski definition) is 2. The number of nitrogens with one attached hydrogen (secondary N) is 1. The van der Waals surface area contributed by atoms with Crippen LogP contribution >= 0.6 is 0 Å². The Balaban J connectivity index is 1.49. The van der Waals surface area contributed by atoms with E-state index < -0.39 is 0 Å². The van der Waals surface area contributed by atoms with Gasteiger partial charge in [-0.15, -0.1) is 0 Å². The average Bonchev–Trinajstić information content (AvgIpc) is 3.16. The monoisotopic (exact) mass is 303 g/mol. The Labute approximate surface area is 131 Å². The van der Waals surface area contributed by atoms with Crippen molar-refractivity contribution in [2.24, 2.45) is 5.92 Å². The lowest BCUT2D eigenvalue weighted by Crippen LogP contribution is -2.45. The summed E-state index contributed by atoms with van der Waals surface area (Å²) in [6, 6.07) is 4.15. The minimum absolute atomic E-state index is 0.0136. The van der Waals surface area contributed by atoms with Crippen LogP contribution in [0.25, 0.3) is 0 Å². The number of carbonyl (C=O) groups excluding carboxylic acids is 2. The summed E-state index contributed by atoms with van der Waals surface area (Å²) < 4.78 is 2.19. The highest BCUT2D eigenvalue weighted by Crippen LogP contribution is 2.27. The number of amides is 2. The van der Waals surface area contributed by atoms with Crippen LogP contribution in [0.1, 0.15) is 50.8 Å². The molecule has 1 fully saturated rings. The fourth-order valence-corrected chi connectivity index (χ4v) is 3.74. The fourth-order valence-electron chi connectivity index (χ4n) is 3.74. The maximum absolute atomic E-state index is 12.4. The number of nitrogens with zero attached hydrogens (tertiary/aromatic N) is 2. The van der Waals surface area contributed by atoms with E-state index in [1.807, 2.05) is 17.9 Å². The van der Waals surface area contributed by atoms with Gasteiger partial charge in [0.1, 0.15) is 0 Å². The van der Waals surface area contributed by atoms with Gasteiger partial charge in [0.25, 0.3) is 0 Å². The van der Waals surface area contributed by atoms with E-state index in [0.29, 0.717) is 18.9 Å². The van der Waals surface area contributed by atoms with Crippen LogP contribution in [0.2, 0.25) is 0 Å². The van der Waals surface area contributed by atoms with E-state index in [1.54, 1.807) is 0 Å². The number of rotatable bonds is 4. The molecule has 0 bridgehead atoms. The predicted molar refractivity (Wildman–Crippen MR) is 84.1 cm³/mol. The summed E-state index contributed by atoms with van der Waals surface area (Å²) in [5.41, 5.74) is 1.16. The van der Waals surface area contributed by atoms with E-state index in [4.69, 9.17) is 0 Å². The lowest BCUT2D eigenvalue weighted by molar-refractivity contribution is -0.135. The minimum Gasteiger partial charge on any atom is -0.348 e. The van der Waals surface area contributed by atoms with Crippen LogP contribution < -0.4 is 5.32 Å². The summed E-state index contributed by atoms with van der Waals surface area (Å²) in [4.78, 5) is 26.2. The topological polar surface area (TPSA) is 54.3 Å². The molecule has 5 nitrogen and oxygen atoms in total. The molecule has 1 aromatic rings. The zero-order chi connectivity index (χ0) is 15.5. The lowest BCUT2D eigenvalue weighted by Gasteiger charge is -2.35. The first-order chi connectivity index (χ1) is 10.6. The Morgan fingerprint density at radius 1 is 1.27 bits per heavy atom. The maximum Gasteiger partial charge on any atom is 0.242 e. The molecule has 120 valence electrons. The van der Waals surface area contributed by atoms with Crippen molar-refractivity contribution in [2.75, 3.05) is 13.1 Å². The zero-order valence-corrected chi connectivity index (χ0v) is 13.3. The molecular formula is C17H25N3O2. The number of aromatic nitrogens is 1. The van der Waals surface area contributed by atoms with Crippen molar-refractivity contribution in [2.45, 2.75) is 51.6 Å². The van der Waals surface area contributed by atoms with Crippen molar-refractivity contribution < 1.29 is 9.59 Å². The summed E-state index contributed by atoms with van der Waals surface area (Å²) in [5.74, 6) is 0.556. The molecule has 1 N–H and O–H groups in total. The van der Waals surface area contributed by atoms with Gasteiger partial charge in [-0.25, -0.2) is 0 Å². The van der Waals surface area contributed by atoms with Gasteiger partial charge in [-0.3, -0.25) is 9.59 Å². The van der Waals surface area contributed by atoms with Gasteiger partial charge in [-0.1, -0.05) is 12.8 Å². The molecular weight excluding hydrogens is 278 g/mol. The van der Waals surface area contributed by atoms with Crippen LogP contribution in [0.3, 0.4) is 0 Å². The third kappa shape index (κ3) is 3.18. The summed E-state index contributed by atoms with van der Waals surface area (Å²) in [5, 5.41) is 2.81. The molecule has 1 atom stereocenters. The molecule has 1 saturated carbocycles. The average molecular weight is 303 g/mol. The van der Waals surface area contributed by atoms with Crippen LogP contribution in [0.5, 0.6) is 0 Å². The molecule has 2 amide bonds. The van der Waals surface area contributed by atoms with Gasteiger partial charge in [0, 0.05) is 31.4 Å². The number of fused-ring (bicyclic) bond motifs is 1. The molecule has 0 unspecified atom stereocenters. The Hall–Kier alpha value is -1.78. The summed E-state index contributed by atoms with van der Waals surface area (Å²) in [6.45, 7) is 3.70. The van der Waals surface area contributed by atoms with Crippen LogP contribution in [-0.4, -0.2) is 34.4 Å². The molecule has 0 radical (unpaired) electrons. The first-order valence-corrected chi connectivity index (χ1v) is 8.36. The largest absolute Gasteiger partial charge is 0.348 e. The third-order valence-corrected chi connectivity index (χ3v) is 5.05. The highest BCUT2D eigenvalue weighted by atomic mass is 16.2. The van der Waals surface area contributed by atoms with Crippen molar-refractivity contribution in [1.82, 2.24) is 14.8 Å². The SMILES string of the molecule is C[C@@H]1c2cccn2CCN1C(=O)CNC(=O)CC1CCCC1. The Kier molecular flexibility index (Phi) is 4.50. The van der Waals surface area contributed by atoms with Gasteiger partial charge in [0.05, 0.1) is 12.6 Å². The molecule has 1 aliphatic heterocycles. The molecule has 0 spiro atoms. The van der Waals surface area contributed by atoms with E-state index >= 15 is 0 Å². The summed E-state index contributed by atoms with van der Waals surface area (Å²) in [6.07, 6.45) is 7.41. The van der Waals surface area contributed by atoms with Crippen molar-refractivity contribution in [3.05, 3.63) is 24.0 Å². The highest BCUT2D eigenvalue weighted by molar-refractivity contribution is 5.85. The van der Waals surface area contributed by atoms with Crippen LogP contribution in [0.15, 0.2) is 18.3 Å². The molecule has 2 heterocycles. The molecule has 2 aliphatic rings. The second kappa shape index (κ2) is 6.55. The van der Waals surface area contributed by atoms with Gasteiger partial charge >= 0.3 is 0 Å². The molecule has 22 heavy (non-hydrogen) atoms.